The first kappa shape index (κ1) is 13.4. The number of carboxylic acids is 1. The van der Waals surface area contributed by atoms with Crippen molar-refractivity contribution < 1.29 is 14.7 Å². The van der Waals surface area contributed by atoms with Gasteiger partial charge in [0.2, 0.25) is 0 Å². The van der Waals surface area contributed by atoms with Gasteiger partial charge in [0.1, 0.15) is 6.04 Å². The van der Waals surface area contributed by atoms with E-state index in [-0.39, 0.29) is 17.8 Å². The van der Waals surface area contributed by atoms with E-state index in [9.17, 15) is 9.59 Å². The van der Waals surface area contributed by atoms with Gasteiger partial charge in [-0.15, -0.1) is 0 Å². The Kier molecular flexibility index (Phi) is 3.82. The van der Waals surface area contributed by atoms with E-state index in [2.05, 4.69) is 5.32 Å². The molecule has 8 nitrogen and oxygen atoms in total. The van der Waals surface area contributed by atoms with Crippen LogP contribution in [0.4, 0.5) is 21.9 Å². The largest absolute Gasteiger partial charge is 0.480 e. The molecule has 0 bridgehead atoms. The van der Waals surface area contributed by atoms with E-state index in [1.54, 1.807) is 6.07 Å². The Balaban J connectivity index is 2.98. The SMILES string of the molecule is NC(=O)N[C@@H](Cc1ccc(N)c(N)c1N)C(=O)O. The quantitative estimate of drug-likeness (QED) is 0.379. The van der Waals surface area contributed by atoms with Crippen molar-refractivity contribution in [3.05, 3.63) is 17.7 Å². The van der Waals surface area contributed by atoms with E-state index in [0.29, 0.717) is 11.3 Å². The van der Waals surface area contributed by atoms with Crippen LogP contribution in [0.1, 0.15) is 5.56 Å². The van der Waals surface area contributed by atoms with Gasteiger partial charge in [-0.2, -0.15) is 0 Å². The zero-order valence-electron chi connectivity index (χ0n) is 9.51. The number of amides is 2. The molecule has 18 heavy (non-hydrogen) atoms. The fourth-order valence-electron chi connectivity index (χ4n) is 1.47. The minimum absolute atomic E-state index is 0.0331. The standard InChI is InChI=1S/C10H15N5O3/c11-5-2-1-4(7(12)8(5)13)3-6(9(16)17)15-10(14)18/h1-2,6H,3,11-13H2,(H,16,17)(H3,14,15,18)/t6-/m0/s1. The maximum atomic E-state index is 10.9. The molecule has 1 aromatic carbocycles. The number of aliphatic carboxylic acids is 1. The number of carbonyl (C=O) groups is 2. The summed E-state index contributed by atoms with van der Waals surface area (Å²) in [5.74, 6) is -1.22. The lowest BCUT2D eigenvalue weighted by Gasteiger charge is -2.15. The molecule has 1 atom stereocenters. The van der Waals surface area contributed by atoms with Crippen LogP contribution >= 0.6 is 0 Å². The first-order valence-electron chi connectivity index (χ1n) is 5.04. The van der Waals surface area contributed by atoms with Crippen molar-refractivity contribution in [2.24, 2.45) is 5.73 Å². The highest BCUT2D eigenvalue weighted by atomic mass is 16.4. The van der Waals surface area contributed by atoms with E-state index < -0.39 is 18.0 Å². The molecule has 0 aromatic heterocycles. The summed E-state index contributed by atoms with van der Waals surface area (Å²) in [5.41, 5.74) is 23.0. The van der Waals surface area contributed by atoms with Crippen LogP contribution in [0.25, 0.3) is 0 Å². The van der Waals surface area contributed by atoms with Gasteiger partial charge in [0.05, 0.1) is 17.1 Å². The van der Waals surface area contributed by atoms with Gasteiger partial charge in [0, 0.05) is 6.42 Å². The van der Waals surface area contributed by atoms with Crippen LogP contribution in [0.5, 0.6) is 0 Å². The number of anilines is 3. The Morgan fingerprint density at radius 2 is 1.83 bits per heavy atom. The molecule has 0 fully saturated rings. The van der Waals surface area contributed by atoms with Gasteiger partial charge >= 0.3 is 12.0 Å². The summed E-state index contributed by atoms with van der Waals surface area (Å²) >= 11 is 0. The lowest BCUT2D eigenvalue weighted by Crippen LogP contribution is -2.45. The van der Waals surface area contributed by atoms with Gasteiger partial charge in [-0.25, -0.2) is 9.59 Å². The Labute approximate surface area is 103 Å². The molecule has 1 aromatic rings. The number of nitrogen functional groups attached to an aromatic ring is 3. The number of carbonyl (C=O) groups excluding carboxylic acids is 1. The first-order chi connectivity index (χ1) is 8.32. The summed E-state index contributed by atoms with van der Waals surface area (Å²) in [6.07, 6.45) is -0.0331. The van der Waals surface area contributed by atoms with Crippen molar-refractivity contribution in [2.75, 3.05) is 17.2 Å². The van der Waals surface area contributed by atoms with Crippen molar-refractivity contribution in [3.8, 4) is 0 Å². The van der Waals surface area contributed by atoms with Crippen LogP contribution in [0.3, 0.4) is 0 Å². The van der Waals surface area contributed by atoms with Crippen molar-refractivity contribution in [1.82, 2.24) is 5.32 Å². The summed E-state index contributed by atoms with van der Waals surface area (Å²) in [6.45, 7) is 0. The van der Waals surface area contributed by atoms with E-state index in [4.69, 9.17) is 28.0 Å². The number of rotatable bonds is 4. The number of hydrogen-bond acceptors (Lipinski definition) is 5. The third kappa shape index (κ3) is 2.94. The number of urea groups is 1. The molecule has 0 saturated carbocycles. The highest BCUT2D eigenvalue weighted by Gasteiger charge is 2.21. The molecular formula is C10H15N5O3. The molecule has 10 N–H and O–H groups in total. The Bertz CT molecular complexity index is 489. The molecule has 0 aliphatic carbocycles. The average molecular weight is 253 g/mol. The van der Waals surface area contributed by atoms with Crippen molar-refractivity contribution in [1.29, 1.82) is 0 Å². The second kappa shape index (κ2) is 5.13. The third-order valence-corrected chi connectivity index (χ3v) is 2.45. The fraction of sp³-hybridized carbons (Fsp3) is 0.200. The Hall–Kier alpha value is -2.64. The van der Waals surface area contributed by atoms with E-state index in [1.165, 1.54) is 6.07 Å². The van der Waals surface area contributed by atoms with Crippen LogP contribution in [-0.2, 0) is 11.2 Å². The lowest BCUT2D eigenvalue weighted by molar-refractivity contribution is -0.139. The normalized spacial score (nSPS) is 11.8. The molecule has 0 unspecified atom stereocenters. The maximum absolute atomic E-state index is 10.9. The van der Waals surface area contributed by atoms with Gasteiger partial charge < -0.3 is 33.4 Å². The molecular weight excluding hydrogens is 238 g/mol. The highest BCUT2D eigenvalue weighted by Crippen LogP contribution is 2.27. The summed E-state index contributed by atoms with van der Waals surface area (Å²) in [5, 5.41) is 11.0. The number of carboxylic acid groups (broad SMARTS) is 1. The van der Waals surface area contributed by atoms with Crippen molar-refractivity contribution >= 4 is 29.1 Å². The van der Waals surface area contributed by atoms with E-state index in [1.807, 2.05) is 0 Å². The topological polar surface area (TPSA) is 170 Å². The minimum atomic E-state index is -1.22. The number of nitrogens with two attached hydrogens (primary N) is 4. The molecule has 8 heteroatoms. The second-order valence-electron chi connectivity index (χ2n) is 3.74. The van der Waals surface area contributed by atoms with Crippen LogP contribution in [0.2, 0.25) is 0 Å². The highest BCUT2D eigenvalue weighted by molar-refractivity contribution is 5.83. The number of nitrogens with one attached hydrogen (secondary N) is 1. The Morgan fingerprint density at radius 1 is 1.22 bits per heavy atom. The molecule has 0 saturated heterocycles. The minimum Gasteiger partial charge on any atom is -0.480 e. The number of benzene rings is 1. The second-order valence-corrected chi connectivity index (χ2v) is 3.74. The van der Waals surface area contributed by atoms with Gasteiger partial charge in [0.25, 0.3) is 0 Å². The zero-order valence-corrected chi connectivity index (χ0v) is 9.51. The summed E-state index contributed by atoms with van der Waals surface area (Å²) < 4.78 is 0. The molecule has 0 aliphatic heterocycles. The fourth-order valence-corrected chi connectivity index (χ4v) is 1.47. The number of primary amides is 1. The van der Waals surface area contributed by atoms with Gasteiger partial charge in [-0.1, -0.05) is 6.07 Å². The third-order valence-electron chi connectivity index (χ3n) is 2.45. The van der Waals surface area contributed by atoms with Crippen molar-refractivity contribution in [2.45, 2.75) is 12.5 Å². The summed E-state index contributed by atoms with van der Waals surface area (Å²) in [4.78, 5) is 21.6. The summed E-state index contributed by atoms with van der Waals surface area (Å²) in [6, 6.07) is 0.973. The van der Waals surface area contributed by atoms with E-state index in [0.717, 1.165) is 0 Å². The summed E-state index contributed by atoms with van der Waals surface area (Å²) in [7, 11) is 0. The van der Waals surface area contributed by atoms with Gasteiger partial charge in [-0.05, 0) is 11.6 Å². The predicted octanol–water partition coefficient (Wildman–Crippen LogP) is -0.903. The first-order valence-corrected chi connectivity index (χ1v) is 5.04. The monoisotopic (exact) mass is 253 g/mol. The van der Waals surface area contributed by atoms with Crippen LogP contribution in [0.15, 0.2) is 12.1 Å². The smallest absolute Gasteiger partial charge is 0.326 e. The van der Waals surface area contributed by atoms with Crippen LogP contribution in [-0.4, -0.2) is 23.1 Å². The average Bonchev–Trinajstić information content (AvgIpc) is 2.28. The molecule has 0 aliphatic rings. The van der Waals surface area contributed by atoms with Crippen LogP contribution in [0, 0.1) is 0 Å². The van der Waals surface area contributed by atoms with Crippen LogP contribution < -0.4 is 28.3 Å². The van der Waals surface area contributed by atoms with Gasteiger partial charge in [0.15, 0.2) is 0 Å². The molecule has 2 amide bonds. The Morgan fingerprint density at radius 3 is 2.33 bits per heavy atom. The molecule has 0 radical (unpaired) electrons. The molecule has 0 spiro atoms. The van der Waals surface area contributed by atoms with Crippen molar-refractivity contribution in [3.63, 3.8) is 0 Å². The molecule has 98 valence electrons. The number of hydrogen-bond donors (Lipinski definition) is 6. The van der Waals surface area contributed by atoms with E-state index >= 15 is 0 Å². The predicted molar refractivity (Wildman–Crippen MR) is 67.5 cm³/mol. The molecule has 1 rings (SSSR count). The van der Waals surface area contributed by atoms with Gasteiger partial charge in [-0.3, -0.25) is 0 Å². The molecule has 0 heterocycles. The lowest BCUT2D eigenvalue weighted by atomic mass is 10.0. The maximum Gasteiger partial charge on any atom is 0.326 e. The zero-order chi connectivity index (χ0) is 13.9.